The number of ketones is 1. The number of aliphatic hydroxyl groups is 1. The summed E-state index contributed by atoms with van der Waals surface area (Å²) in [6.45, 7) is 3.64. The van der Waals surface area contributed by atoms with E-state index in [4.69, 9.17) is 4.74 Å². The number of likely N-dealkylation sites (tertiary alicyclic amines) is 1. The maximum absolute atomic E-state index is 13.2. The average Bonchev–Trinajstić information content (AvgIpc) is 3.12. The minimum atomic E-state index is -3.66. The summed E-state index contributed by atoms with van der Waals surface area (Å²) >= 11 is 0. The Morgan fingerprint density at radius 3 is 2.16 bits per heavy atom. The fraction of sp³-hybridized carbons (Fsp3) is 0.407. The molecule has 10 heteroatoms. The largest absolute Gasteiger partial charge is 0.507 e. The predicted octanol–water partition coefficient (Wildman–Crippen LogP) is 3.10. The number of carbonyl (C=O) groups is 2. The van der Waals surface area contributed by atoms with Crippen molar-refractivity contribution in [3.63, 3.8) is 0 Å². The van der Waals surface area contributed by atoms with E-state index in [-0.39, 0.29) is 21.8 Å². The lowest BCUT2D eigenvalue weighted by Gasteiger charge is -2.26. The van der Waals surface area contributed by atoms with Crippen LogP contribution in [0.1, 0.15) is 36.9 Å². The molecule has 1 aliphatic rings. The quantitative estimate of drug-likeness (QED) is 0.271. The van der Waals surface area contributed by atoms with E-state index < -0.39 is 27.8 Å². The molecule has 1 saturated heterocycles. The standard InChI is InChI=1S/C27H35N3O6S/c1-6-18-36-21-12-8-19(9-13-21)24-23(26(32)27(33)30(24)17-7-16-28(2)3)25(31)20-10-14-22(15-11-20)37(34,35)29(4)5/h8-15,24,31H,6-7,16-18H2,1-5H3/b25-23-. The molecule has 0 saturated carbocycles. The Kier molecular flexibility index (Phi) is 9.12. The molecule has 2 aromatic carbocycles. The lowest BCUT2D eigenvalue weighted by molar-refractivity contribution is -0.139. The van der Waals surface area contributed by atoms with Gasteiger partial charge in [-0.3, -0.25) is 9.59 Å². The van der Waals surface area contributed by atoms with Gasteiger partial charge in [-0.1, -0.05) is 19.1 Å². The number of sulfonamides is 1. The van der Waals surface area contributed by atoms with Crippen LogP contribution in [0.5, 0.6) is 5.75 Å². The zero-order valence-electron chi connectivity index (χ0n) is 22.0. The highest BCUT2D eigenvalue weighted by atomic mass is 32.2. The number of hydrogen-bond acceptors (Lipinski definition) is 7. The molecule has 1 N–H and O–H groups in total. The third-order valence-corrected chi connectivity index (χ3v) is 7.95. The number of Topliss-reactive ketones (excluding diaryl/α,β-unsaturated/α-hetero) is 1. The summed E-state index contributed by atoms with van der Waals surface area (Å²) in [5.74, 6) is -1.13. The fourth-order valence-corrected chi connectivity index (χ4v) is 5.03. The number of rotatable bonds is 11. The predicted molar refractivity (Wildman–Crippen MR) is 142 cm³/mol. The summed E-state index contributed by atoms with van der Waals surface area (Å²) < 4.78 is 31.6. The second-order valence-corrected chi connectivity index (χ2v) is 11.5. The molecule has 9 nitrogen and oxygen atoms in total. The van der Waals surface area contributed by atoms with Crippen LogP contribution in [0.4, 0.5) is 0 Å². The Labute approximate surface area is 219 Å². The summed E-state index contributed by atoms with van der Waals surface area (Å²) in [5, 5.41) is 11.2. The highest BCUT2D eigenvalue weighted by molar-refractivity contribution is 7.89. The Balaban J connectivity index is 2.05. The molecule has 37 heavy (non-hydrogen) atoms. The molecule has 0 bridgehead atoms. The molecule has 200 valence electrons. The number of carbonyl (C=O) groups excluding carboxylic acids is 2. The fourth-order valence-electron chi connectivity index (χ4n) is 4.13. The Morgan fingerprint density at radius 1 is 1.00 bits per heavy atom. The normalized spacial score (nSPS) is 17.7. The number of ether oxygens (including phenoxy) is 1. The Bertz CT molecular complexity index is 1250. The van der Waals surface area contributed by atoms with Crippen molar-refractivity contribution in [2.24, 2.45) is 0 Å². The van der Waals surface area contributed by atoms with Gasteiger partial charge in [0.1, 0.15) is 11.5 Å². The van der Waals surface area contributed by atoms with Crippen molar-refractivity contribution >= 4 is 27.5 Å². The maximum atomic E-state index is 13.2. The minimum absolute atomic E-state index is 0.0275. The van der Waals surface area contributed by atoms with Gasteiger partial charge in [-0.2, -0.15) is 0 Å². The van der Waals surface area contributed by atoms with Gasteiger partial charge in [-0.15, -0.1) is 0 Å². The lowest BCUT2D eigenvalue weighted by atomic mass is 9.95. The minimum Gasteiger partial charge on any atom is -0.507 e. The molecule has 2 aromatic rings. The van der Waals surface area contributed by atoms with Crippen molar-refractivity contribution < 1.29 is 27.9 Å². The molecular weight excluding hydrogens is 494 g/mol. The van der Waals surface area contributed by atoms with Gasteiger partial charge in [0, 0.05) is 26.2 Å². The highest BCUT2D eigenvalue weighted by Gasteiger charge is 2.45. The topological polar surface area (TPSA) is 107 Å². The van der Waals surface area contributed by atoms with Gasteiger partial charge in [0.2, 0.25) is 10.0 Å². The van der Waals surface area contributed by atoms with Crippen LogP contribution in [0.2, 0.25) is 0 Å². The van der Waals surface area contributed by atoms with Crippen molar-refractivity contribution in [3.8, 4) is 5.75 Å². The van der Waals surface area contributed by atoms with Crippen molar-refractivity contribution in [2.75, 3.05) is 47.9 Å². The first-order chi connectivity index (χ1) is 17.5. The van der Waals surface area contributed by atoms with Gasteiger partial charge < -0.3 is 19.6 Å². The van der Waals surface area contributed by atoms with Crippen LogP contribution in [-0.2, 0) is 19.6 Å². The summed E-state index contributed by atoms with van der Waals surface area (Å²) in [7, 11) is 3.06. The molecule has 0 aliphatic carbocycles. The molecule has 0 aromatic heterocycles. The van der Waals surface area contributed by atoms with Crippen LogP contribution in [0.25, 0.3) is 5.76 Å². The molecule has 0 spiro atoms. The summed E-state index contributed by atoms with van der Waals surface area (Å²) in [6.07, 6.45) is 1.51. The molecular formula is C27H35N3O6S. The number of hydrogen-bond donors (Lipinski definition) is 1. The van der Waals surface area contributed by atoms with Crippen LogP contribution in [0, 0.1) is 0 Å². The van der Waals surface area contributed by atoms with E-state index >= 15 is 0 Å². The number of amides is 1. The molecule has 1 unspecified atom stereocenters. The van der Waals surface area contributed by atoms with Gasteiger partial charge in [0.25, 0.3) is 11.7 Å². The molecule has 1 fully saturated rings. The maximum Gasteiger partial charge on any atom is 0.295 e. The van der Waals surface area contributed by atoms with E-state index in [1.165, 1.54) is 43.3 Å². The van der Waals surface area contributed by atoms with E-state index in [1.54, 1.807) is 24.3 Å². The van der Waals surface area contributed by atoms with Crippen molar-refractivity contribution in [2.45, 2.75) is 30.7 Å². The van der Waals surface area contributed by atoms with Gasteiger partial charge in [0.05, 0.1) is 23.1 Å². The Hall–Kier alpha value is -3.21. The molecule has 1 aliphatic heterocycles. The SMILES string of the molecule is CCCOc1ccc(C2/C(=C(/O)c3ccc(S(=O)(=O)N(C)C)cc3)C(=O)C(=O)N2CCCN(C)C)cc1. The zero-order valence-corrected chi connectivity index (χ0v) is 22.8. The third-order valence-electron chi connectivity index (χ3n) is 6.12. The van der Waals surface area contributed by atoms with Crippen molar-refractivity contribution in [1.82, 2.24) is 14.1 Å². The van der Waals surface area contributed by atoms with Crippen LogP contribution >= 0.6 is 0 Å². The van der Waals surface area contributed by atoms with Gasteiger partial charge in [-0.05, 0) is 75.4 Å². The second kappa shape index (κ2) is 11.9. The molecule has 0 radical (unpaired) electrons. The Morgan fingerprint density at radius 2 is 1.62 bits per heavy atom. The molecule has 1 amide bonds. The monoisotopic (exact) mass is 529 g/mol. The number of aliphatic hydroxyl groups excluding tert-OH is 1. The van der Waals surface area contributed by atoms with Gasteiger partial charge >= 0.3 is 0 Å². The second-order valence-electron chi connectivity index (χ2n) is 9.38. The number of benzene rings is 2. The van der Waals surface area contributed by atoms with E-state index in [0.29, 0.717) is 30.9 Å². The highest BCUT2D eigenvalue weighted by Crippen LogP contribution is 2.40. The van der Waals surface area contributed by atoms with Crippen molar-refractivity contribution in [3.05, 3.63) is 65.2 Å². The number of nitrogens with zero attached hydrogens (tertiary/aromatic N) is 3. The third kappa shape index (κ3) is 6.20. The zero-order chi connectivity index (χ0) is 27.3. The van der Waals surface area contributed by atoms with Gasteiger partial charge in [0.15, 0.2) is 0 Å². The van der Waals surface area contributed by atoms with Crippen LogP contribution in [-0.4, -0.2) is 87.2 Å². The summed E-state index contributed by atoms with van der Waals surface area (Å²) in [6, 6.07) is 12.0. The summed E-state index contributed by atoms with van der Waals surface area (Å²) in [5.41, 5.74) is 0.887. The smallest absolute Gasteiger partial charge is 0.295 e. The van der Waals surface area contributed by atoms with E-state index in [9.17, 15) is 23.1 Å². The van der Waals surface area contributed by atoms with Crippen LogP contribution in [0.15, 0.2) is 59.0 Å². The van der Waals surface area contributed by atoms with Crippen molar-refractivity contribution in [1.29, 1.82) is 0 Å². The molecule has 1 heterocycles. The van der Waals surface area contributed by atoms with Crippen LogP contribution in [0.3, 0.4) is 0 Å². The first kappa shape index (κ1) is 28.4. The average molecular weight is 530 g/mol. The van der Waals surface area contributed by atoms with E-state index in [0.717, 1.165) is 17.3 Å². The summed E-state index contributed by atoms with van der Waals surface area (Å²) in [4.78, 5) is 29.8. The molecule has 3 rings (SSSR count). The van der Waals surface area contributed by atoms with E-state index in [2.05, 4.69) is 0 Å². The molecule has 1 atom stereocenters. The van der Waals surface area contributed by atoms with Gasteiger partial charge in [-0.25, -0.2) is 12.7 Å². The first-order valence-corrected chi connectivity index (χ1v) is 13.6. The van der Waals surface area contributed by atoms with E-state index in [1.807, 2.05) is 25.9 Å². The van der Waals surface area contributed by atoms with Crippen LogP contribution < -0.4 is 4.74 Å². The lowest BCUT2D eigenvalue weighted by Crippen LogP contribution is -2.32. The first-order valence-electron chi connectivity index (χ1n) is 12.2.